The molecular weight excluding hydrogens is 490 g/mol. The Balaban J connectivity index is 1.75. The first-order chi connectivity index (χ1) is 16.7. The highest BCUT2D eigenvalue weighted by Crippen LogP contribution is 2.35. The summed E-state index contributed by atoms with van der Waals surface area (Å²) < 4.78 is 4.64. The summed E-state index contributed by atoms with van der Waals surface area (Å²) >= 11 is 7.80. The number of nitrogens with zero attached hydrogens (tertiary/aromatic N) is 7. The molecule has 0 radical (unpaired) electrons. The summed E-state index contributed by atoms with van der Waals surface area (Å²) in [4.78, 5) is 51.6. The summed E-state index contributed by atoms with van der Waals surface area (Å²) in [5.74, 6) is -0.236. The molecule has 35 heavy (non-hydrogen) atoms. The van der Waals surface area contributed by atoms with Crippen LogP contribution in [0.5, 0.6) is 0 Å². The Hall–Kier alpha value is -3.02. The Morgan fingerprint density at radius 3 is 2.49 bits per heavy atom. The zero-order valence-electron chi connectivity index (χ0n) is 20.4. The maximum atomic E-state index is 13.7. The van der Waals surface area contributed by atoms with Crippen LogP contribution in [0, 0.1) is 6.92 Å². The molecule has 10 nitrogen and oxygen atoms in total. The number of likely N-dealkylation sites (N-methyl/N-ethyl adjacent to an activating group) is 1. The second-order valence-corrected chi connectivity index (χ2v) is 9.75. The molecule has 1 aromatic carbocycles. The van der Waals surface area contributed by atoms with Gasteiger partial charge in [0.25, 0.3) is 5.56 Å². The smallest absolute Gasteiger partial charge is 0.315 e. The third kappa shape index (κ3) is 4.51. The van der Waals surface area contributed by atoms with Crippen molar-refractivity contribution in [2.24, 2.45) is 14.1 Å². The molecule has 0 atom stereocenters. The molecule has 0 N–H and O–H groups in total. The van der Waals surface area contributed by atoms with Crippen molar-refractivity contribution in [1.29, 1.82) is 0 Å². The molecular formula is C23H28ClN7O3S. The first kappa shape index (κ1) is 25.1. The number of thiazole rings is 1. The average Bonchev–Trinajstić information content (AvgIpc) is 3.47. The second kappa shape index (κ2) is 9.92. The highest BCUT2D eigenvalue weighted by molar-refractivity contribution is 7.23. The molecule has 0 saturated carbocycles. The van der Waals surface area contributed by atoms with E-state index in [2.05, 4.69) is 23.7 Å². The number of imidazole rings is 1. The number of anilines is 1. The van der Waals surface area contributed by atoms with Gasteiger partial charge in [0.2, 0.25) is 5.91 Å². The first-order valence-electron chi connectivity index (χ1n) is 11.4. The first-order valence-corrected chi connectivity index (χ1v) is 12.6. The predicted molar refractivity (Wildman–Crippen MR) is 140 cm³/mol. The van der Waals surface area contributed by atoms with Gasteiger partial charge in [-0.25, -0.2) is 14.8 Å². The van der Waals surface area contributed by atoms with Gasteiger partial charge in [-0.3, -0.25) is 23.6 Å². The Bertz CT molecular complexity index is 1490. The topological polar surface area (TPSA) is 98.3 Å². The molecule has 0 fully saturated rings. The lowest BCUT2D eigenvalue weighted by molar-refractivity contribution is -0.119. The molecule has 12 heteroatoms. The van der Waals surface area contributed by atoms with Crippen molar-refractivity contribution in [3.05, 3.63) is 49.9 Å². The van der Waals surface area contributed by atoms with Crippen LogP contribution in [0.4, 0.5) is 5.13 Å². The summed E-state index contributed by atoms with van der Waals surface area (Å²) in [6.45, 7) is 8.82. The summed E-state index contributed by atoms with van der Waals surface area (Å²) in [6, 6.07) is 3.74. The van der Waals surface area contributed by atoms with E-state index in [0.29, 0.717) is 23.2 Å². The Labute approximate surface area is 211 Å². The standard InChI is InChI=1S/C23H28ClN7O3S/c1-6-29(7-2)10-11-31(22-26-17-14(3)8-9-15(24)19(17)35-22)16(32)12-30-13-25-20-18(30)21(33)28(5)23(34)27(20)4/h8-9,13H,6-7,10-12H2,1-5H3. The lowest BCUT2D eigenvalue weighted by Crippen LogP contribution is -2.41. The maximum Gasteiger partial charge on any atom is 0.332 e. The second-order valence-electron chi connectivity index (χ2n) is 8.36. The van der Waals surface area contributed by atoms with Gasteiger partial charge in [0.15, 0.2) is 16.3 Å². The highest BCUT2D eigenvalue weighted by Gasteiger charge is 2.24. The number of halogens is 1. The Morgan fingerprint density at radius 1 is 1.11 bits per heavy atom. The van der Waals surface area contributed by atoms with E-state index in [9.17, 15) is 14.4 Å². The summed E-state index contributed by atoms with van der Waals surface area (Å²) in [6.07, 6.45) is 1.42. The fraction of sp³-hybridized carbons (Fsp3) is 0.435. The quantitative estimate of drug-likeness (QED) is 0.356. The molecule has 186 valence electrons. The van der Waals surface area contributed by atoms with Crippen molar-refractivity contribution in [2.45, 2.75) is 27.3 Å². The van der Waals surface area contributed by atoms with E-state index in [4.69, 9.17) is 16.6 Å². The summed E-state index contributed by atoms with van der Waals surface area (Å²) in [5, 5.41) is 1.15. The highest BCUT2D eigenvalue weighted by atomic mass is 35.5. The van der Waals surface area contributed by atoms with Crippen LogP contribution in [-0.4, -0.2) is 60.7 Å². The van der Waals surface area contributed by atoms with Crippen LogP contribution in [0.3, 0.4) is 0 Å². The number of aryl methyl sites for hydroxylation is 2. The van der Waals surface area contributed by atoms with E-state index >= 15 is 0 Å². The Kier molecular flexibility index (Phi) is 7.11. The average molecular weight is 518 g/mol. The molecule has 0 aliphatic rings. The zero-order valence-corrected chi connectivity index (χ0v) is 22.0. The third-order valence-electron chi connectivity index (χ3n) is 6.27. The van der Waals surface area contributed by atoms with Gasteiger partial charge in [-0.1, -0.05) is 42.9 Å². The monoisotopic (exact) mass is 517 g/mol. The van der Waals surface area contributed by atoms with Crippen molar-refractivity contribution in [1.82, 2.24) is 28.6 Å². The number of amides is 1. The van der Waals surface area contributed by atoms with E-state index in [1.54, 1.807) is 11.9 Å². The van der Waals surface area contributed by atoms with Crippen LogP contribution in [-0.2, 0) is 25.4 Å². The minimum Gasteiger partial charge on any atom is -0.315 e. The number of fused-ring (bicyclic) bond motifs is 2. The van der Waals surface area contributed by atoms with Crippen molar-refractivity contribution in [2.75, 3.05) is 31.1 Å². The van der Waals surface area contributed by atoms with Crippen LogP contribution in [0.2, 0.25) is 5.02 Å². The number of aromatic nitrogens is 5. The minimum atomic E-state index is -0.495. The van der Waals surface area contributed by atoms with Crippen molar-refractivity contribution >= 4 is 55.4 Å². The zero-order chi connectivity index (χ0) is 25.4. The van der Waals surface area contributed by atoms with E-state index in [0.717, 1.165) is 33.4 Å². The molecule has 4 rings (SSSR count). The number of hydrogen-bond acceptors (Lipinski definition) is 7. The fourth-order valence-electron chi connectivity index (χ4n) is 4.06. The molecule has 0 unspecified atom stereocenters. The lowest BCUT2D eigenvalue weighted by Gasteiger charge is -2.25. The maximum absolute atomic E-state index is 13.7. The number of rotatable bonds is 8. The number of carbonyl (C=O) groups is 1. The van der Waals surface area contributed by atoms with Crippen molar-refractivity contribution < 1.29 is 4.79 Å². The van der Waals surface area contributed by atoms with Gasteiger partial charge in [-0.05, 0) is 31.6 Å². The molecule has 0 aliphatic carbocycles. The number of benzene rings is 1. The molecule has 0 saturated heterocycles. The lowest BCUT2D eigenvalue weighted by atomic mass is 10.2. The molecule has 1 amide bonds. The molecule has 3 heterocycles. The third-order valence-corrected chi connectivity index (χ3v) is 7.81. The van der Waals surface area contributed by atoms with E-state index in [1.165, 1.54) is 33.8 Å². The van der Waals surface area contributed by atoms with Gasteiger partial charge in [-0.15, -0.1) is 0 Å². The van der Waals surface area contributed by atoms with Gasteiger partial charge in [0.05, 0.1) is 21.6 Å². The van der Waals surface area contributed by atoms with Crippen molar-refractivity contribution in [3.8, 4) is 0 Å². The Morgan fingerprint density at radius 2 is 1.83 bits per heavy atom. The van der Waals surface area contributed by atoms with Gasteiger partial charge in [-0.2, -0.15) is 0 Å². The minimum absolute atomic E-state index is 0.120. The number of hydrogen-bond donors (Lipinski definition) is 0. The van der Waals surface area contributed by atoms with Crippen LogP contribution in [0.1, 0.15) is 19.4 Å². The van der Waals surface area contributed by atoms with Gasteiger partial charge < -0.3 is 9.47 Å². The SMILES string of the molecule is CCN(CC)CCN(C(=O)Cn1cnc2c1c(=O)n(C)c(=O)n2C)c1nc2c(C)ccc(Cl)c2s1. The molecule has 4 aromatic rings. The molecule has 0 aliphatic heterocycles. The van der Waals surface area contributed by atoms with Crippen LogP contribution < -0.4 is 16.1 Å². The number of carbonyl (C=O) groups excluding carboxylic acids is 1. The van der Waals surface area contributed by atoms with Gasteiger partial charge >= 0.3 is 5.69 Å². The fourth-order valence-corrected chi connectivity index (χ4v) is 5.42. The van der Waals surface area contributed by atoms with E-state index in [1.807, 2.05) is 19.1 Å². The normalized spacial score (nSPS) is 11.7. The van der Waals surface area contributed by atoms with E-state index in [-0.39, 0.29) is 23.6 Å². The van der Waals surface area contributed by atoms with Crippen LogP contribution >= 0.6 is 22.9 Å². The predicted octanol–water partition coefficient (Wildman–Crippen LogP) is 2.38. The summed E-state index contributed by atoms with van der Waals surface area (Å²) in [5.41, 5.74) is 1.23. The molecule has 0 bridgehead atoms. The van der Waals surface area contributed by atoms with Crippen molar-refractivity contribution in [3.63, 3.8) is 0 Å². The van der Waals surface area contributed by atoms with Gasteiger partial charge in [0.1, 0.15) is 6.54 Å². The summed E-state index contributed by atoms with van der Waals surface area (Å²) in [7, 11) is 2.96. The molecule has 3 aromatic heterocycles. The van der Waals surface area contributed by atoms with Crippen LogP contribution in [0.15, 0.2) is 28.0 Å². The van der Waals surface area contributed by atoms with Gasteiger partial charge in [0, 0.05) is 27.2 Å². The van der Waals surface area contributed by atoms with Crippen LogP contribution in [0.25, 0.3) is 21.4 Å². The molecule has 0 spiro atoms. The largest absolute Gasteiger partial charge is 0.332 e. The van der Waals surface area contributed by atoms with E-state index < -0.39 is 11.2 Å².